The molecule has 2 aliphatic heterocycles. The molecule has 2 aliphatic rings. The van der Waals surface area contributed by atoms with E-state index in [0.29, 0.717) is 6.54 Å². The fourth-order valence-corrected chi connectivity index (χ4v) is 7.36. The lowest BCUT2D eigenvalue weighted by molar-refractivity contribution is 0.203. The van der Waals surface area contributed by atoms with Gasteiger partial charge in [-0.15, -0.1) is 0 Å². The summed E-state index contributed by atoms with van der Waals surface area (Å²) in [5.74, 6) is 0.689. The minimum absolute atomic E-state index is 0.112. The molecule has 9 nitrogen and oxygen atoms in total. The molecule has 0 spiro atoms. The zero-order valence-corrected chi connectivity index (χ0v) is 26.6. The molecule has 5 aromatic rings. The third-order valence-corrected chi connectivity index (χ3v) is 10.3. The van der Waals surface area contributed by atoms with Gasteiger partial charge in [-0.3, -0.25) is 13.5 Å². The zero-order valence-electron chi connectivity index (χ0n) is 25.8. The summed E-state index contributed by atoms with van der Waals surface area (Å²) in [5.41, 5.74) is 5.65. The largest absolute Gasteiger partial charge is 0.363 e. The van der Waals surface area contributed by atoms with E-state index in [1.165, 1.54) is 6.07 Å². The summed E-state index contributed by atoms with van der Waals surface area (Å²) in [4.78, 5) is 16.7. The second-order valence-electron chi connectivity index (χ2n) is 12.0. The van der Waals surface area contributed by atoms with Gasteiger partial charge in [0.2, 0.25) is 0 Å². The Bertz CT molecular complexity index is 1940. The van der Waals surface area contributed by atoms with Crippen LogP contribution in [0.15, 0.2) is 96.2 Å². The Kier molecular flexibility index (Phi) is 8.46. The SMILES string of the molecule is Cc1ccc(S(=O)(=O)OCCN2CCN(c3cccc(-c4cnc5ccc(N6CCC[C@@H]6c6cccc(F)c6)cn45)n3)CC2)cc1. The highest BCUT2D eigenvalue weighted by molar-refractivity contribution is 7.86. The van der Waals surface area contributed by atoms with Crippen LogP contribution in [0.5, 0.6) is 0 Å². The lowest BCUT2D eigenvalue weighted by Crippen LogP contribution is -2.47. The second-order valence-corrected chi connectivity index (χ2v) is 13.6. The summed E-state index contributed by atoms with van der Waals surface area (Å²) in [6.45, 7) is 6.57. The third kappa shape index (κ3) is 6.35. The first-order valence-corrected chi connectivity index (χ1v) is 17.1. The van der Waals surface area contributed by atoms with Gasteiger partial charge in [0.25, 0.3) is 10.1 Å². The molecule has 11 heteroatoms. The third-order valence-electron chi connectivity index (χ3n) is 8.96. The molecule has 3 aromatic heterocycles. The highest BCUT2D eigenvalue weighted by Crippen LogP contribution is 2.37. The van der Waals surface area contributed by atoms with Gasteiger partial charge >= 0.3 is 0 Å². The number of hydrogen-bond donors (Lipinski definition) is 0. The summed E-state index contributed by atoms with van der Waals surface area (Å²) in [6.07, 6.45) is 6.01. The first-order chi connectivity index (χ1) is 22.3. The monoisotopic (exact) mass is 640 g/mol. The first kappa shape index (κ1) is 30.3. The molecule has 2 fully saturated rings. The van der Waals surface area contributed by atoms with Crippen LogP contribution in [0.4, 0.5) is 15.9 Å². The predicted octanol–water partition coefficient (Wildman–Crippen LogP) is 5.71. The molecule has 1 atom stereocenters. The smallest absolute Gasteiger partial charge is 0.297 e. The van der Waals surface area contributed by atoms with Crippen molar-refractivity contribution >= 4 is 27.3 Å². The lowest BCUT2D eigenvalue weighted by atomic mass is 10.0. The average Bonchev–Trinajstić information content (AvgIpc) is 3.73. The van der Waals surface area contributed by atoms with Crippen LogP contribution < -0.4 is 9.80 Å². The van der Waals surface area contributed by atoms with Crippen molar-refractivity contribution in [1.82, 2.24) is 19.3 Å². The van der Waals surface area contributed by atoms with Crippen LogP contribution in [-0.4, -0.2) is 73.6 Å². The molecular formula is C35H37FN6O3S. The van der Waals surface area contributed by atoms with Crippen LogP contribution in [0.25, 0.3) is 17.0 Å². The molecule has 238 valence electrons. The van der Waals surface area contributed by atoms with Gasteiger partial charge in [-0.1, -0.05) is 35.9 Å². The molecule has 0 saturated carbocycles. The van der Waals surface area contributed by atoms with E-state index < -0.39 is 10.1 Å². The van der Waals surface area contributed by atoms with E-state index in [-0.39, 0.29) is 23.4 Å². The van der Waals surface area contributed by atoms with Gasteiger partial charge in [0.15, 0.2) is 0 Å². The number of imidazole rings is 1. The number of hydrogen-bond acceptors (Lipinski definition) is 8. The normalized spacial score (nSPS) is 17.7. The summed E-state index contributed by atoms with van der Waals surface area (Å²) >= 11 is 0. The minimum atomic E-state index is -3.77. The number of fused-ring (bicyclic) bond motifs is 1. The Morgan fingerprint density at radius 1 is 0.935 bits per heavy atom. The van der Waals surface area contributed by atoms with Crippen molar-refractivity contribution in [3.63, 3.8) is 0 Å². The van der Waals surface area contributed by atoms with E-state index in [9.17, 15) is 12.8 Å². The molecule has 7 rings (SSSR count). The predicted molar refractivity (Wildman–Crippen MR) is 177 cm³/mol. The van der Waals surface area contributed by atoms with Crippen LogP contribution in [-0.2, 0) is 14.3 Å². The number of nitrogens with zero attached hydrogens (tertiary/aromatic N) is 6. The van der Waals surface area contributed by atoms with Crippen molar-refractivity contribution in [2.24, 2.45) is 0 Å². The molecule has 0 amide bonds. The lowest BCUT2D eigenvalue weighted by Gasteiger charge is -2.35. The van der Waals surface area contributed by atoms with Crippen molar-refractivity contribution in [2.45, 2.75) is 30.7 Å². The summed E-state index contributed by atoms with van der Waals surface area (Å²) < 4.78 is 46.5. The van der Waals surface area contributed by atoms with Crippen LogP contribution in [0, 0.1) is 12.7 Å². The molecule has 2 aromatic carbocycles. The zero-order chi connectivity index (χ0) is 31.7. The highest BCUT2D eigenvalue weighted by Gasteiger charge is 2.27. The van der Waals surface area contributed by atoms with Crippen molar-refractivity contribution in [3.8, 4) is 11.4 Å². The maximum atomic E-state index is 14.0. The van der Waals surface area contributed by atoms with Crippen molar-refractivity contribution < 1.29 is 17.0 Å². The average molecular weight is 641 g/mol. The Morgan fingerprint density at radius 2 is 1.74 bits per heavy atom. The Labute approximate surface area is 269 Å². The fraction of sp³-hybridized carbons (Fsp3) is 0.314. The van der Waals surface area contributed by atoms with Gasteiger partial charge in [-0.05, 0) is 73.9 Å². The number of rotatable bonds is 9. The number of pyridine rings is 2. The van der Waals surface area contributed by atoms with E-state index in [1.54, 1.807) is 36.4 Å². The Hall–Kier alpha value is -4.32. The quantitative estimate of drug-likeness (QED) is 0.190. The van der Waals surface area contributed by atoms with E-state index in [0.717, 1.165) is 85.2 Å². The molecule has 0 bridgehead atoms. The van der Waals surface area contributed by atoms with Gasteiger partial charge < -0.3 is 9.80 Å². The highest BCUT2D eigenvalue weighted by atomic mass is 32.2. The number of anilines is 2. The molecule has 5 heterocycles. The molecule has 46 heavy (non-hydrogen) atoms. The maximum absolute atomic E-state index is 14.0. The molecule has 0 N–H and O–H groups in total. The first-order valence-electron chi connectivity index (χ1n) is 15.7. The maximum Gasteiger partial charge on any atom is 0.297 e. The summed E-state index contributed by atoms with van der Waals surface area (Å²) in [6, 6.07) is 23.9. The Morgan fingerprint density at radius 3 is 2.54 bits per heavy atom. The van der Waals surface area contributed by atoms with Crippen LogP contribution in [0.1, 0.15) is 30.0 Å². The van der Waals surface area contributed by atoms with E-state index in [1.807, 2.05) is 43.5 Å². The van der Waals surface area contributed by atoms with Gasteiger partial charge in [0, 0.05) is 45.5 Å². The summed E-state index contributed by atoms with van der Waals surface area (Å²) in [7, 11) is -3.77. The van der Waals surface area contributed by atoms with Crippen LogP contribution in [0.2, 0.25) is 0 Å². The number of aromatic nitrogens is 3. The van der Waals surface area contributed by atoms with Crippen molar-refractivity contribution in [2.75, 3.05) is 55.7 Å². The van der Waals surface area contributed by atoms with E-state index >= 15 is 0 Å². The van der Waals surface area contributed by atoms with Gasteiger partial charge in [0.05, 0.1) is 40.8 Å². The van der Waals surface area contributed by atoms with Gasteiger partial charge in [0.1, 0.15) is 17.3 Å². The van der Waals surface area contributed by atoms with E-state index in [2.05, 4.69) is 36.3 Å². The van der Waals surface area contributed by atoms with Crippen LogP contribution >= 0.6 is 0 Å². The molecule has 2 saturated heterocycles. The number of benzene rings is 2. The number of piperazine rings is 1. The second kappa shape index (κ2) is 12.8. The number of aryl methyl sites for hydroxylation is 1. The molecular weight excluding hydrogens is 603 g/mol. The van der Waals surface area contributed by atoms with E-state index in [4.69, 9.17) is 9.17 Å². The standard InChI is InChI=1S/C35H37FN6O3S/c1-26-10-13-30(14-11-26)46(43,44)45-22-21-39-17-19-40(20-18-39)35-9-3-7-31(38-35)33-24-37-34-15-12-29(25-42(33)34)41-16-4-8-32(41)27-5-2-6-28(36)23-27/h2-3,5-7,9-15,23-25,32H,4,8,16-22H2,1H3/t32-/m1/s1. The number of halogens is 1. The molecule has 0 unspecified atom stereocenters. The topological polar surface area (TPSA) is 83.3 Å². The van der Waals surface area contributed by atoms with Crippen molar-refractivity contribution in [1.29, 1.82) is 0 Å². The molecule has 0 aliphatic carbocycles. The minimum Gasteiger partial charge on any atom is -0.363 e. The summed E-state index contributed by atoms with van der Waals surface area (Å²) in [5, 5.41) is 0. The fourth-order valence-electron chi connectivity index (χ4n) is 6.46. The molecule has 0 radical (unpaired) electrons. The Balaban J connectivity index is 1.01. The van der Waals surface area contributed by atoms with Gasteiger partial charge in [-0.2, -0.15) is 8.42 Å². The van der Waals surface area contributed by atoms with Gasteiger partial charge in [-0.25, -0.2) is 14.4 Å². The van der Waals surface area contributed by atoms with Crippen molar-refractivity contribution in [3.05, 3.63) is 108 Å². The van der Waals surface area contributed by atoms with Crippen LogP contribution in [0.3, 0.4) is 0 Å².